The lowest BCUT2D eigenvalue weighted by molar-refractivity contribution is -0.480. The standard InChI is InChI=1S/C20H32NO3/c22-20-18-16-14-12-10-8-6-4-2-1-3-5-7-9-11-13-15-17-19-21(23)24/h1,3-4,6-7,9H,2,5,8,10-19H2. The first-order valence-corrected chi connectivity index (χ1v) is 9.19. The number of hydrogen-bond donors (Lipinski definition) is 0. The van der Waals surface area contributed by atoms with E-state index in [0.717, 1.165) is 51.4 Å². The van der Waals surface area contributed by atoms with E-state index in [-0.39, 0.29) is 11.5 Å². The molecule has 0 aromatic rings. The van der Waals surface area contributed by atoms with Crippen LogP contribution in [0.2, 0.25) is 0 Å². The van der Waals surface area contributed by atoms with Crippen LogP contribution in [0.1, 0.15) is 77.0 Å². The highest BCUT2D eigenvalue weighted by Crippen LogP contribution is 2.05. The van der Waals surface area contributed by atoms with Crippen molar-refractivity contribution in [1.82, 2.24) is 0 Å². The quantitative estimate of drug-likeness (QED) is 0.148. The highest BCUT2D eigenvalue weighted by molar-refractivity contribution is 5.50. The molecule has 0 aromatic carbocycles. The molecule has 0 saturated carbocycles. The first-order chi connectivity index (χ1) is 11.8. The van der Waals surface area contributed by atoms with Gasteiger partial charge in [0.05, 0.1) is 0 Å². The number of hydrogen-bond acceptors (Lipinski definition) is 3. The Morgan fingerprint density at radius 3 is 1.75 bits per heavy atom. The highest BCUT2D eigenvalue weighted by atomic mass is 16.6. The van der Waals surface area contributed by atoms with Gasteiger partial charge in [0.25, 0.3) is 0 Å². The monoisotopic (exact) mass is 334 g/mol. The molecule has 0 aliphatic rings. The number of allylic oxidation sites excluding steroid dienone is 6. The molecule has 0 aromatic heterocycles. The minimum Gasteiger partial charge on any atom is -0.291 e. The van der Waals surface area contributed by atoms with Crippen molar-refractivity contribution >= 4 is 6.29 Å². The van der Waals surface area contributed by atoms with Crippen molar-refractivity contribution in [2.75, 3.05) is 6.54 Å². The third-order valence-electron chi connectivity index (χ3n) is 3.66. The number of rotatable bonds is 17. The van der Waals surface area contributed by atoms with Crippen molar-refractivity contribution in [1.29, 1.82) is 0 Å². The lowest BCUT2D eigenvalue weighted by atomic mass is 10.1. The smallest absolute Gasteiger partial charge is 0.203 e. The van der Waals surface area contributed by atoms with Crippen LogP contribution in [0.15, 0.2) is 36.5 Å². The van der Waals surface area contributed by atoms with Gasteiger partial charge in [0.1, 0.15) is 0 Å². The summed E-state index contributed by atoms with van der Waals surface area (Å²) in [7, 11) is 0. The van der Waals surface area contributed by atoms with Crippen LogP contribution in [0, 0.1) is 10.1 Å². The van der Waals surface area contributed by atoms with Crippen LogP contribution >= 0.6 is 0 Å². The summed E-state index contributed by atoms with van der Waals surface area (Å²) in [5.41, 5.74) is 0. The van der Waals surface area contributed by atoms with E-state index in [1.807, 2.05) is 6.29 Å². The van der Waals surface area contributed by atoms with Crippen molar-refractivity contribution in [3.05, 3.63) is 46.6 Å². The Morgan fingerprint density at radius 1 is 0.708 bits per heavy atom. The third-order valence-corrected chi connectivity index (χ3v) is 3.66. The van der Waals surface area contributed by atoms with E-state index in [0.29, 0.717) is 12.8 Å². The number of unbranched alkanes of at least 4 members (excludes halogenated alkanes) is 8. The molecule has 0 N–H and O–H groups in total. The van der Waals surface area contributed by atoms with Crippen LogP contribution < -0.4 is 0 Å². The number of carbonyl (C=O) groups excluding carboxylic acids is 1. The van der Waals surface area contributed by atoms with E-state index in [4.69, 9.17) is 0 Å². The zero-order valence-corrected chi connectivity index (χ0v) is 14.8. The van der Waals surface area contributed by atoms with Gasteiger partial charge in [-0.3, -0.25) is 14.9 Å². The molecule has 0 fully saturated rings. The second-order valence-corrected chi connectivity index (χ2v) is 5.89. The van der Waals surface area contributed by atoms with E-state index >= 15 is 0 Å². The van der Waals surface area contributed by atoms with Crippen molar-refractivity contribution in [3.63, 3.8) is 0 Å². The van der Waals surface area contributed by atoms with Crippen LogP contribution in [0.25, 0.3) is 0 Å². The van der Waals surface area contributed by atoms with Gasteiger partial charge in [-0.15, -0.1) is 0 Å². The Morgan fingerprint density at radius 2 is 1.21 bits per heavy atom. The molecule has 0 amide bonds. The molecule has 24 heavy (non-hydrogen) atoms. The molecule has 0 rings (SSSR count). The molecule has 0 unspecified atom stereocenters. The minimum absolute atomic E-state index is 0.0961. The fourth-order valence-electron chi connectivity index (χ4n) is 2.27. The minimum atomic E-state index is -0.246. The molecule has 0 aliphatic carbocycles. The SMILES string of the molecule is O=[C]CCCCCCC=CCC=CCC=CCCCCC[N+](=O)[O-]. The van der Waals surface area contributed by atoms with Crippen molar-refractivity contribution in [3.8, 4) is 0 Å². The Bertz CT molecular complexity index is 386. The van der Waals surface area contributed by atoms with Gasteiger partial charge in [0.15, 0.2) is 6.29 Å². The summed E-state index contributed by atoms with van der Waals surface area (Å²) in [6, 6.07) is 0. The lowest BCUT2D eigenvalue weighted by Gasteiger charge is -1.95. The van der Waals surface area contributed by atoms with Crippen LogP contribution in [-0.4, -0.2) is 17.8 Å². The Kier molecular flexibility index (Phi) is 18.0. The zero-order chi connectivity index (χ0) is 17.7. The average molecular weight is 334 g/mol. The lowest BCUT2D eigenvalue weighted by Crippen LogP contribution is -1.99. The summed E-state index contributed by atoms with van der Waals surface area (Å²) >= 11 is 0. The predicted octanol–water partition coefficient (Wildman–Crippen LogP) is 5.72. The van der Waals surface area contributed by atoms with Crippen LogP contribution in [0.3, 0.4) is 0 Å². The van der Waals surface area contributed by atoms with Crippen molar-refractivity contribution < 1.29 is 9.72 Å². The van der Waals surface area contributed by atoms with E-state index < -0.39 is 0 Å². The second-order valence-electron chi connectivity index (χ2n) is 5.89. The highest BCUT2D eigenvalue weighted by Gasteiger charge is 1.94. The molecule has 135 valence electrons. The van der Waals surface area contributed by atoms with Crippen LogP contribution in [0.5, 0.6) is 0 Å². The molecule has 0 aliphatic heterocycles. The molecule has 0 atom stereocenters. The maximum absolute atomic E-state index is 10.1. The zero-order valence-electron chi connectivity index (χ0n) is 14.8. The number of nitrogens with zero attached hydrogens (tertiary/aromatic N) is 1. The van der Waals surface area contributed by atoms with E-state index in [1.165, 1.54) is 12.8 Å². The van der Waals surface area contributed by atoms with Gasteiger partial charge < -0.3 is 0 Å². The van der Waals surface area contributed by atoms with Gasteiger partial charge in [0, 0.05) is 17.8 Å². The van der Waals surface area contributed by atoms with Gasteiger partial charge in [0.2, 0.25) is 6.54 Å². The Hall–Kier alpha value is -1.71. The summed E-state index contributed by atoms with van der Waals surface area (Å²) in [6.07, 6.45) is 26.8. The molecule has 0 bridgehead atoms. The summed E-state index contributed by atoms with van der Waals surface area (Å²) in [5.74, 6) is 0. The molecule has 0 saturated heterocycles. The van der Waals surface area contributed by atoms with Gasteiger partial charge in [-0.25, -0.2) is 0 Å². The Balaban J connectivity index is 3.30. The third kappa shape index (κ3) is 20.3. The summed E-state index contributed by atoms with van der Waals surface area (Å²) < 4.78 is 0. The average Bonchev–Trinajstić information content (AvgIpc) is 2.56. The van der Waals surface area contributed by atoms with Gasteiger partial charge in [-0.1, -0.05) is 49.3 Å². The predicted molar refractivity (Wildman–Crippen MR) is 100 cm³/mol. The van der Waals surface area contributed by atoms with Crippen LogP contribution in [-0.2, 0) is 4.79 Å². The molecule has 4 heteroatoms. The van der Waals surface area contributed by atoms with Gasteiger partial charge in [-0.05, 0) is 51.4 Å². The molecular formula is C20H32NO3. The molecule has 1 radical (unpaired) electrons. The summed E-state index contributed by atoms with van der Waals surface area (Å²) in [4.78, 5) is 19.9. The largest absolute Gasteiger partial charge is 0.291 e. The Labute approximate surface area is 146 Å². The second kappa shape index (κ2) is 19.3. The van der Waals surface area contributed by atoms with Crippen molar-refractivity contribution in [2.45, 2.75) is 77.0 Å². The van der Waals surface area contributed by atoms with E-state index in [1.54, 1.807) is 0 Å². The summed E-state index contributed by atoms with van der Waals surface area (Å²) in [5, 5.41) is 10.1. The fourth-order valence-corrected chi connectivity index (χ4v) is 2.27. The van der Waals surface area contributed by atoms with Crippen LogP contribution in [0.4, 0.5) is 0 Å². The van der Waals surface area contributed by atoms with Gasteiger partial charge >= 0.3 is 0 Å². The number of nitro groups is 1. The molecular weight excluding hydrogens is 302 g/mol. The first-order valence-electron chi connectivity index (χ1n) is 9.19. The molecule has 4 nitrogen and oxygen atoms in total. The van der Waals surface area contributed by atoms with Crippen molar-refractivity contribution in [2.24, 2.45) is 0 Å². The molecule has 0 heterocycles. The topological polar surface area (TPSA) is 60.2 Å². The molecule has 0 spiro atoms. The van der Waals surface area contributed by atoms with E-state index in [2.05, 4.69) is 36.5 Å². The fraction of sp³-hybridized carbons (Fsp3) is 0.650. The maximum Gasteiger partial charge on any atom is 0.203 e. The van der Waals surface area contributed by atoms with Gasteiger partial charge in [-0.2, -0.15) is 0 Å². The first kappa shape index (κ1) is 22.3. The summed E-state index contributed by atoms with van der Waals surface area (Å²) in [6.45, 7) is 0.0961. The maximum atomic E-state index is 10.1. The normalized spacial score (nSPS) is 11.8. The van der Waals surface area contributed by atoms with E-state index in [9.17, 15) is 14.9 Å².